The summed E-state index contributed by atoms with van der Waals surface area (Å²) in [5.41, 5.74) is 3.57. The molecule has 0 spiro atoms. The largest absolute Gasteiger partial charge is 0.478 e. The molecule has 0 aliphatic carbocycles. The van der Waals surface area contributed by atoms with Crippen molar-refractivity contribution >= 4 is 29.3 Å². The number of aliphatic hydroxyl groups excluding tert-OH is 1. The van der Waals surface area contributed by atoms with Gasteiger partial charge in [-0.15, -0.1) is 11.8 Å². The molecule has 4 rings (SSSR count). The van der Waals surface area contributed by atoms with Gasteiger partial charge in [0.15, 0.2) is 6.29 Å². The van der Waals surface area contributed by atoms with Crippen LogP contribution in [0.3, 0.4) is 0 Å². The lowest BCUT2D eigenvalue weighted by Gasteiger charge is -2.36. The van der Waals surface area contributed by atoms with Crippen LogP contribution in [0.25, 0.3) is 0 Å². The Hall–Kier alpha value is -3.17. The van der Waals surface area contributed by atoms with E-state index in [1.54, 1.807) is 30.3 Å². The topological polar surface area (TPSA) is 105 Å². The number of hydrogen-bond acceptors (Lipinski definition) is 6. The van der Waals surface area contributed by atoms with Gasteiger partial charge in [0.25, 0.3) is 0 Å². The van der Waals surface area contributed by atoms with Crippen LogP contribution in [0.5, 0.6) is 0 Å². The Morgan fingerprint density at radius 3 is 2.31 bits per heavy atom. The summed E-state index contributed by atoms with van der Waals surface area (Å²) in [6, 6.07) is 21.9. The molecule has 0 radical (unpaired) electrons. The van der Waals surface area contributed by atoms with Gasteiger partial charge in [-0.05, 0) is 35.4 Å². The molecule has 1 aliphatic rings. The Bertz CT molecular complexity index is 1170. The van der Waals surface area contributed by atoms with Gasteiger partial charge in [-0.2, -0.15) is 0 Å². The lowest BCUT2D eigenvalue weighted by atomic mass is 10.0. The van der Waals surface area contributed by atoms with Gasteiger partial charge >= 0.3 is 5.97 Å². The summed E-state index contributed by atoms with van der Waals surface area (Å²) in [5.74, 6) is -0.549. The number of rotatable bonds is 8. The van der Waals surface area contributed by atoms with Crippen molar-refractivity contribution in [2.45, 2.75) is 43.3 Å². The number of aromatic carboxylic acids is 1. The molecule has 1 amide bonds. The number of carbonyl (C=O) groups excluding carboxylic acids is 1. The number of aliphatic hydroxyl groups is 1. The van der Waals surface area contributed by atoms with E-state index in [4.69, 9.17) is 9.47 Å². The monoisotopic (exact) mass is 493 g/mol. The van der Waals surface area contributed by atoms with Crippen molar-refractivity contribution < 1.29 is 29.3 Å². The van der Waals surface area contributed by atoms with Crippen LogP contribution in [-0.2, 0) is 20.9 Å². The lowest BCUT2D eigenvalue weighted by molar-refractivity contribution is -0.245. The Balaban J connectivity index is 1.54. The van der Waals surface area contributed by atoms with Crippen LogP contribution >= 0.6 is 11.8 Å². The highest BCUT2D eigenvalue weighted by Gasteiger charge is 2.32. The Labute approximate surface area is 208 Å². The standard InChI is InChI=1S/C27H27NO6S/c1-17(30)28-21-12-10-20(11-13-21)27-33-22(16-35-25-5-3-2-4-23(25)26(31)32)14-24(34-27)19-8-6-18(15-29)7-9-19/h2-13,22,24,27,29H,14-16H2,1H3,(H,28,30)(H,31,32). The molecule has 182 valence electrons. The van der Waals surface area contributed by atoms with Gasteiger partial charge in [0.05, 0.1) is 24.4 Å². The van der Waals surface area contributed by atoms with Crippen molar-refractivity contribution in [2.24, 2.45) is 0 Å². The second kappa shape index (κ2) is 11.5. The number of thioether (sulfide) groups is 1. The summed E-state index contributed by atoms with van der Waals surface area (Å²) in [4.78, 5) is 23.6. The van der Waals surface area contributed by atoms with Crippen molar-refractivity contribution in [1.29, 1.82) is 0 Å². The maximum absolute atomic E-state index is 11.6. The third kappa shape index (κ3) is 6.49. The first kappa shape index (κ1) is 24.9. The van der Waals surface area contributed by atoms with E-state index >= 15 is 0 Å². The highest BCUT2D eigenvalue weighted by molar-refractivity contribution is 7.99. The molecule has 3 aromatic rings. The van der Waals surface area contributed by atoms with Crippen LogP contribution in [0.4, 0.5) is 5.69 Å². The molecule has 0 bridgehead atoms. The van der Waals surface area contributed by atoms with E-state index in [2.05, 4.69) is 5.32 Å². The summed E-state index contributed by atoms with van der Waals surface area (Å²) in [6.45, 7) is 1.43. The molecule has 3 unspecified atom stereocenters. The maximum atomic E-state index is 11.6. The van der Waals surface area contributed by atoms with Gasteiger partial charge < -0.3 is 25.0 Å². The summed E-state index contributed by atoms with van der Waals surface area (Å²) < 4.78 is 12.6. The zero-order valence-corrected chi connectivity index (χ0v) is 20.0. The summed E-state index contributed by atoms with van der Waals surface area (Å²) in [5, 5.41) is 21.6. The molecule has 7 nitrogen and oxygen atoms in total. The zero-order valence-electron chi connectivity index (χ0n) is 19.2. The van der Waals surface area contributed by atoms with Crippen LogP contribution in [0.15, 0.2) is 77.7 Å². The number of carbonyl (C=O) groups is 2. The fourth-order valence-electron chi connectivity index (χ4n) is 3.90. The summed E-state index contributed by atoms with van der Waals surface area (Å²) in [6.07, 6.45) is -0.464. The van der Waals surface area contributed by atoms with Crippen LogP contribution in [0.2, 0.25) is 0 Å². The van der Waals surface area contributed by atoms with Crippen molar-refractivity contribution in [3.8, 4) is 0 Å². The quantitative estimate of drug-likeness (QED) is 0.372. The molecule has 35 heavy (non-hydrogen) atoms. The fraction of sp³-hybridized carbons (Fsp3) is 0.259. The minimum atomic E-state index is -0.958. The van der Waals surface area contributed by atoms with Gasteiger partial charge in [-0.1, -0.05) is 48.5 Å². The minimum absolute atomic E-state index is 0.0273. The number of carboxylic acid groups (broad SMARTS) is 1. The molecule has 3 aromatic carbocycles. The number of anilines is 1. The van der Waals surface area contributed by atoms with E-state index in [9.17, 15) is 19.8 Å². The smallest absolute Gasteiger partial charge is 0.336 e. The Morgan fingerprint density at radius 2 is 1.66 bits per heavy atom. The fourth-order valence-corrected chi connectivity index (χ4v) is 4.97. The van der Waals surface area contributed by atoms with Gasteiger partial charge in [0.2, 0.25) is 5.91 Å². The predicted molar refractivity (Wildman–Crippen MR) is 133 cm³/mol. The van der Waals surface area contributed by atoms with Crippen molar-refractivity contribution in [2.75, 3.05) is 11.1 Å². The molecule has 0 aromatic heterocycles. The third-order valence-electron chi connectivity index (χ3n) is 5.66. The van der Waals surface area contributed by atoms with E-state index in [-0.39, 0.29) is 30.3 Å². The molecule has 1 saturated heterocycles. The van der Waals surface area contributed by atoms with E-state index in [1.165, 1.54) is 18.7 Å². The van der Waals surface area contributed by atoms with Crippen LogP contribution in [0.1, 0.15) is 52.8 Å². The zero-order chi connectivity index (χ0) is 24.8. The van der Waals surface area contributed by atoms with E-state index in [0.29, 0.717) is 22.8 Å². The molecule has 1 fully saturated rings. The minimum Gasteiger partial charge on any atom is -0.478 e. The van der Waals surface area contributed by atoms with Crippen molar-refractivity contribution in [3.05, 3.63) is 95.1 Å². The first-order chi connectivity index (χ1) is 16.9. The molecular formula is C27H27NO6S. The predicted octanol–water partition coefficient (Wildman–Crippen LogP) is 5.17. The number of hydrogen-bond donors (Lipinski definition) is 3. The van der Waals surface area contributed by atoms with Gasteiger partial charge in [-0.25, -0.2) is 4.79 Å². The molecular weight excluding hydrogens is 466 g/mol. The highest BCUT2D eigenvalue weighted by Crippen LogP contribution is 2.40. The highest BCUT2D eigenvalue weighted by atomic mass is 32.2. The third-order valence-corrected chi connectivity index (χ3v) is 6.87. The van der Waals surface area contributed by atoms with E-state index < -0.39 is 12.3 Å². The van der Waals surface area contributed by atoms with Crippen LogP contribution < -0.4 is 5.32 Å². The average molecular weight is 494 g/mol. The number of carboxylic acids is 1. The van der Waals surface area contributed by atoms with E-state index in [0.717, 1.165) is 16.7 Å². The van der Waals surface area contributed by atoms with Gasteiger partial charge in [0, 0.05) is 35.2 Å². The summed E-state index contributed by atoms with van der Waals surface area (Å²) in [7, 11) is 0. The molecule has 1 aliphatic heterocycles. The van der Waals surface area contributed by atoms with Gasteiger partial charge in [-0.3, -0.25) is 4.79 Å². The van der Waals surface area contributed by atoms with Crippen molar-refractivity contribution in [3.63, 3.8) is 0 Å². The van der Waals surface area contributed by atoms with Crippen LogP contribution in [-0.4, -0.2) is 33.9 Å². The average Bonchev–Trinajstić information content (AvgIpc) is 2.87. The van der Waals surface area contributed by atoms with Crippen molar-refractivity contribution in [1.82, 2.24) is 0 Å². The summed E-state index contributed by atoms with van der Waals surface area (Å²) >= 11 is 1.45. The first-order valence-corrected chi connectivity index (χ1v) is 12.2. The number of benzene rings is 3. The molecule has 0 saturated carbocycles. The second-order valence-electron chi connectivity index (χ2n) is 8.27. The lowest BCUT2D eigenvalue weighted by Crippen LogP contribution is -2.31. The molecule has 3 atom stereocenters. The van der Waals surface area contributed by atoms with Crippen LogP contribution in [0, 0.1) is 0 Å². The normalized spacial score (nSPS) is 19.8. The van der Waals surface area contributed by atoms with E-state index in [1.807, 2.05) is 42.5 Å². The number of nitrogens with one attached hydrogen (secondary N) is 1. The molecule has 3 N–H and O–H groups in total. The maximum Gasteiger partial charge on any atom is 0.336 e. The Morgan fingerprint density at radius 1 is 0.971 bits per heavy atom. The number of amides is 1. The second-order valence-corrected chi connectivity index (χ2v) is 9.33. The Kier molecular flexibility index (Phi) is 8.20. The first-order valence-electron chi connectivity index (χ1n) is 11.3. The molecule has 1 heterocycles. The SMILES string of the molecule is CC(=O)Nc1ccc(C2OC(CSc3ccccc3C(=O)O)CC(c3ccc(CO)cc3)O2)cc1. The molecule has 8 heteroatoms. The number of ether oxygens (including phenoxy) is 2. The van der Waals surface area contributed by atoms with Gasteiger partial charge in [0.1, 0.15) is 0 Å².